The zero-order valence-corrected chi connectivity index (χ0v) is 6.25. The molecule has 60 valence electrons. The summed E-state index contributed by atoms with van der Waals surface area (Å²) in [5.41, 5.74) is 0. The molecule has 3 nitrogen and oxygen atoms in total. The highest BCUT2D eigenvalue weighted by Gasteiger charge is 2.20. The molecule has 1 fully saturated rings. The Morgan fingerprint density at radius 2 is 2.50 bits per heavy atom. The quantitative estimate of drug-likeness (QED) is 0.603. The topological polar surface area (TPSA) is 38.7 Å². The molecule has 1 rings (SSSR count). The third kappa shape index (κ3) is 1.94. The lowest BCUT2D eigenvalue weighted by molar-refractivity contribution is -0.0761. The van der Waals surface area contributed by atoms with Gasteiger partial charge in [-0.05, 0) is 6.42 Å². The predicted octanol–water partition coefficient (Wildman–Crippen LogP) is 0.173. The van der Waals surface area contributed by atoms with Gasteiger partial charge in [-0.1, -0.05) is 0 Å². The average Bonchev–Trinajstić information content (AvgIpc) is 2.05. The van der Waals surface area contributed by atoms with Crippen LogP contribution in [0.3, 0.4) is 0 Å². The molecule has 1 aliphatic heterocycles. The van der Waals surface area contributed by atoms with Gasteiger partial charge in [0.1, 0.15) is 0 Å². The van der Waals surface area contributed by atoms with Gasteiger partial charge in [0.15, 0.2) is 0 Å². The van der Waals surface area contributed by atoms with Crippen LogP contribution in [0.15, 0.2) is 0 Å². The van der Waals surface area contributed by atoms with E-state index in [1.165, 1.54) is 0 Å². The molecule has 0 saturated carbocycles. The molecule has 3 heteroatoms. The van der Waals surface area contributed by atoms with Crippen molar-refractivity contribution < 1.29 is 14.6 Å². The third-order valence-electron chi connectivity index (χ3n) is 1.86. The molecule has 1 heterocycles. The van der Waals surface area contributed by atoms with Gasteiger partial charge in [-0.2, -0.15) is 0 Å². The van der Waals surface area contributed by atoms with Crippen molar-refractivity contribution in [2.75, 3.05) is 20.3 Å². The first-order valence-corrected chi connectivity index (χ1v) is 3.62. The molecule has 0 amide bonds. The largest absolute Gasteiger partial charge is 0.394 e. The number of hydrogen-bond acceptors (Lipinski definition) is 3. The molecule has 0 aromatic carbocycles. The molecule has 0 spiro atoms. The van der Waals surface area contributed by atoms with Crippen LogP contribution in [0.1, 0.15) is 12.8 Å². The van der Waals surface area contributed by atoms with Crippen LogP contribution in [0.5, 0.6) is 0 Å². The standard InChI is InChI=1S/C7H14O3/c1-9-6-2-3-10-7(4-6)5-8/h6-8H,2-5H2,1H3. The second kappa shape index (κ2) is 3.91. The highest BCUT2D eigenvalue weighted by molar-refractivity contribution is 4.70. The molecule has 0 aliphatic carbocycles. The number of ether oxygens (including phenoxy) is 2. The van der Waals surface area contributed by atoms with E-state index in [1.54, 1.807) is 7.11 Å². The minimum atomic E-state index is -0.00120. The van der Waals surface area contributed by atoms with Crippen LogP contribution in [0.25, 0.3) is 0 Å². The van der Waals surface area contributed by atoms with Gasteiger partial charge in [-0.3, -0.25) is 0 Å². The molecule has 1 N–H and O–H groups in total. The van der Waals surface area contributed by atoms with E-state index in [2.05, 4.69) is 0 Å². The molecule has 2 atom stereocenters. The van der Waals surface area contributed by atoms with Crippen LogP contribution in [-0.2, 0) is 9.47 Å². The summed E-state index contributed by atoms with van der Waals surface area (Å²) < 4.78 is 10.4. The molecule has 10 heavy (non-hydrogen) atoms. The van der Waals surface area contributed by atoms with Gasteiger partial charge in [-0.25, -0.2) is 0 Å². The fourth-order valence-electron chi connectivity index (χ4n) is 1.19. The number of aliphatic hydroxyl groups excluding tert-OH is 1. The Balaban J connectivity index is 2.25. The number of hydrogen-bond donors (Lipinski definition) is 1. The maximum absolute atomic E-state index is 8.72. The monoisotopic (exact) mass is 146 g/mol. The number of rotatable bonds is 2. The molecule has 1 saturated heterocycles. The van der Waals surface area contributed by atoms with Gasteiger partial charge in [0.25, 0.3) is 0 Å². The Bertz CT molecular complexity index is 84.9. The second-order valence-electron chi connectivity index (χ2n) is 2.56. The summed E-state index contributed by atoms with van der Waals surface area (Å²) in [5.74, 6) is 0. The highest BCUT2D eigenvalue weighted by atomic mass is 16.5. The first-order chi connectivity index (χ1) is 4.86. The second-order valence-corrected chi connectivity index (χ2v) is 2.56. The smallest absolute Gasteiger partial charge is 0.0830 e. The van der Waals surface area contributed by atoms with Crippen molar-refractivity contribution in [2.45, 2.75) is 25.0 Å². The molecule has 2 unspecified atom stereocenters. The Kier molecular flexibility index (Phi) is 3.12. The summed E-state index contributed by atoms with van der Waals surface area (Å²) in [4.78, 5) is 0. The third-order valence-corrected chi connectivity index (χ3v) is 1.86. The first kappa shape index (κ1) is 7.98. The van der Waals surface area contributed by atoms with Crippen molar-refractivity contribution >= 4 is 0 Å². The molecular weight excluding hydrogens is 132 g/mol. The van der Waals surface area contributed by atoms with Crippen LogP contribution < -0.4 is 0 Å². The lowest BCUT2D eigenvalue weighted by Crippen LogP contribution is -2.32. The summed E-state index contributed by atoms with van der Waals surface area (Å²) in [7, 11) is 1.70. The van der Waals surface area contributed by atoms with Gasteiger partial charge in [0.05, 0.1) is 18.8 Å². The molecular formula is C7H14O3. The predicted molar refractivity (Wildman–Crippen MR) is 36.9 cm³/mol. The average molecular weight is 146 g/mol. The molecule has 0 aromatic rings. The SMILES string of the molecule is COC1CCOC(CO)C1. The van der Waals surface area contributed by atoms with E-state index in [-0.39, 0.29) is 18.8 Å². The van der Waals surface area contributed by atoms with Crippen molar-refractivity contribution in [3.8, 4) is 0 Å². The van der Waals surface area contributed by atoms with Crippen LogP contribution in [0, 0.1) is 0 Å². The van der Waals surface area contributed by atoms with Crippen molar-refractivity contribution in [3.05, 3.63) is 0 Å². The maximum Gasteiger partial charge on any atom is 0.0830 e. The Morgan fingerprint density at radius 1 is 1.70 bits per heavy atom. The van der Waals surface area contributed by atoms with E-state index >= 15 is 0 Å². The Labute approximate surface area is 60.9 Å². The van der Waals surface area contributed by atoms with Crippen LogP contribution >= 0.6 is 0 Å². The Morgan fingerprint density at radius 3 is 3.10 bits per heavy atom. The van der Waals surface area contributed by atoms with E-state index in [0.717, 1.165) is 12.8 Å². The number of methoxy groups -OCH3 is 1. The van der Waals surface area contributed by atoms with Crippen LogP contribution in [0.4, 0.5) is 0 Å². The first-order valence-electron chi connectivity index (χ1n) is 3.62. The maximum atomic E-state index is 8.72. The summed E-state index contributed by atoms with van der Waals surface area (Å²) >= 11 is 0. The molecule has 0 radical (unpaired) electrons. The van der Waals surface area contributed by atoms with Gasteiger partial charge in [0.2, 0.25) is 0 Å². The fourth-order valence-corrected chi connectivity index (χ4v) is 1.19. The lowest BCUT2D eigenvalue weighted by Gasteiger charge is -2.27. The van der Waals surface area contributed by atoms with Crippen LogP contribution in [-0.4, -0.2) is 37.6 Å². The van der Waals surface area contributed by atoms with Crippen molar-refractivity contribution in [3.63, 3.8) is 0 Å². The molecule has 1 aliphatic rings. The highest BCUT2D eigenvalue weighted by Crippen LogP contribution is 2.15. The van der Waals surface area contributed by atoms with Gasteiger partial charge in [0, 0.05) is 20.1 Å². The van der Waals surface area contributed by atoms with Gasteiger partial charge in [-0.15, -0.1) is 0 Å². The summed E-state index contributed by atoms with van der Waals surface area (Å²) in [6.45, 7) is 0.823. The zero-order valence-electron chi connectivity index (χ0n) is 6.25. The van der Waals surface area contributed by atoms with Gasteiger partial charge >= 0.3 is 0 Å². The lowest BCUT2D eigenvalue weighted by atomic mass is 10.1. The molecule has 0 bridgehead atoms. The summed E-state index contributed by atoms with van der Waals surface area (Å²) in [5, 5.41) is 8.72. The minimum Gasteiger partial charge on any atom is -0.394 e. The van der Waals surface area contributed by atoms with E-state index < -0.39 is 0 Å². The summed E-state index contributed by atoms with van der Waals surface area (Å²) in [6, 6.07) is 0. The van der Waals surface area contributed by atoms with Crippen molar-refractivity contribution in [1.29, 1.82) is 0 Å². The van der Waals surface area contributed by atoms with Crippen molar-refractivity contribution in [1.82, 2.24) is 0 Å². The summed E-state index contributed by atoms with van der Waals surface area (Å²) in [6.07, 6.45) is 2.06. The Hall–Kier alpha value is -0.120. The van der Waals surface area contributed by atoms with E-state index in [4.69, 9.17) is 14.6 Å². The molecule has 0 aromatic heterocycles. The fraction of sp³-hybridized carbons (Fsp3) is 1.00. The minimum absolute atomic E-state index is 0.00120. The van der Waals surface area contributed by atoms with Crippen molar-refractivity contribution in [2.24, 2.45) is 0 Å². The zero-order chi connectivity index (χ0) is 7.40. The number of aliphatic hydroxyl groups is 1. The van der Waals surface area contributed by atoms with E-state index in [0.29, 0.717) is 6.61 Å². The van der Waals surface area contributed by atoms with E-state index in [9.17, 15) is 0 Å². The van der Waals surface area contributed by atoms with Gasteiger partial charge < -0.3 is 14.6 Å². The van der Waals surface area contributed by atoms with E-state index in [1.807, 2.05) is 0 Å². The van der Waals surface area contributed by atoms with Crippen LogP contribution in [0.2, 0.25) is 0 Å². The normalized spacial score (nSPS) is 34.2.